The highest BCUT2D eigenvalue weighted by Gasteiger charge is 2.21. The first-order valence-corrected chi connectivity index (χ1v) is 38.8. The first kappa shape index (κ1) is 82.0. The second-order valence-corrected chi connectivity index (χ2v) is 37.5. The normalized spacial score (nSPS) is 12.1. The van der Waals surface area contributed by atoms with Crippen molar-refractivity contribution in [2.45, 2.75) is 209 Å². The predicted octanol–water partition coefficient (Wildman–Crippen LogP) is 24.8. The summed E-state index contributed by atoms with van der Waals surface area (Å²) in [5.74, 6) is 0. The Hall–Kier alpha value is -10.1. The van der Waals surface area contributed by atoms with Crippen LogP contribution >= 0.6 is 22.7 Å². The van der Waals surface area contributed by atoms with Crippen LogP contribution in [-0.4, -0.2) is 63.9 Å². The third-order valence-corrected chi connectivity index (χ3v) is 20.6. The Morgan fingerprint density at radius 3 is 1.37 bits per heavy atom. The van der Waals surface area contributed by atoms with Crippen molar-refractivity contribution in [3.63, 3.8) is 0 Å². The van der Waals surface area contributed by atoms with E-state index >= 15 is 0 Å². The maximum atomic E-state index is 4.36. The van der Waals surface area contributed by atoms with Crippen LogP contribution in [0.3, 0.4) is 0 Å². The molecule has 0 fully saturated rings. The van der Waals surface area contributed by atoms with Crippen molar-refractivity contribution in [2.24, 2.45) is 0 Å². The molecule has 0 aliphatic heterocycles. The summed E-state index contributed by atoms with van der Waals surface area (Å²) in [5, 5.41) is 8.90. The van der Waals surface area contributed by atoms with Crippen LogP contribution in [0.4, 0.5) is 0 Å². The molecule has 15 heteroatoms. The number of pyridine rings is 5. The molecule has 16 rings (SSSR count). The summed E-state index contributed by atoms with van der Waals surface area (Å²) in [6.07, 6.45) is 23.9. The largest absolute Gasteiger partial charge is 0.307 e. The van der Waals surface area contributed by atoms with Gasteiger partial charge < -0.3 is 4.40 Å². The first-order chi connectivity index (χ1) is 50.6. The van der Waals surface area contributed by atoms with Gasteiger partial charge in [-0.15, -0.1) is 22.7 Å². The van der Waals surface area contributed by atoms with E-state index in [2.05, 4.69) is 359 Å². The number of aromatic nitrogens is 13. The minimum absolute atomic E-state index is 0.167. The quantitative estimate of drug-likeness (QED) is 0.143. The predicted molar refractivity (Wildman–Crippen MR) is 460 cm³/mol. The van der Waals surface area contributed by atoms with Crippen LogP contribution in [0.1, 0.15) is 210 Å². The molecule has 16 aromatic rings. The second-order valence-electron chi connectivity index (χ2n) is 35.5. The van der Waals surface area contributed by atoms with Crippen LogP contribution in [0.25, 0.3) is 75.3 Å². The Morgan fingerprint density at radius 1 is 0.287 bits per heavy atom. The van der Waals surface area contributed by atoms with Gasteiger partial charge in [0, 0.05) is 99.3 Å². The number of hydrogen-bond acceptors (Lipinski definition) is 13. The van der Waals surface area contributed by atoms with Gasteiger partial charge in [0.2, 0.25) is 0 Å². The SMILES string of the molecule is CC(C)(C)c1cc2cnccc2s1.CC(C)(C)c1ccc2cccnc2c1.CC(C)(C)c1ccc2ncccc2c1.CC(C)(C)c1ccc2nccn2c1.CC(C)(C)c1ccc2nccnc2c1.CC(C)(C)c1ccc2ncncc2c1.CC(C)(C)c1ccc2ncnn2c1.CC(C)(C)c1ccc2ncsc2c1. The number of hydrogen-bond donors (Lipinski definition) is 0. The molecular weight excluding hydrogens is 1360 g/mol. The fraction of sp³-hybridized carbons (Fsp3) is 0.344. The van der Waals surface area contributed by atoms with E-state index in [4.69, 9.17) is 0 Å². The monoisotopic (exact) mass is 1470 g/mol. The summed E-state index contributed by atoms with van der Waals surface area (Å²) in [7, 11) is 0. The van der Waals surface area contributed by atoms with Crippen molar-refractivity contribution in [3.8, 4) is 0 Å². The molecule has 0 radical (unpaired) electrons. The van der Waals surface area contributed by atoms with Crippen molar-refractivity contribution in [2.75, 3.05) is 0 Å². The highest BCUT2D eigenvalue weighted by Crippen LogP contribution is 2.35. The molecule has 0 spiro atoms. The molecule has 560 valence electrons. The average molecular weight is 1480 g/mol. The summed E-state index contributed by atoms with van der Waals surface area (Å²) in [6, 6.07) is 52.9. The zero-order valence-electron chi connectivity index (χ0n) is 68.1. The lowest BCUT2D eigenvalue weighted by Crippen LogP contribution is -2.12. The Kier molecular flexibility index (Phi) is 25.8. The number of benzene rings is 5. The summed E-state index contributed by atoms with van der Waals surface area (Å²) < 4.78 is 6.48. The van der Waals surface area contributed by atoms with Gasteiger partial charge in [0.1, 0.15) is 18.3 Å². The van der Waals surface area contributed by atoms with Gasteiger partial charge in [0.05, 0.1) is 43.3 Å². The van der Waals surface area contributed by atoms with E-state index in [0.29, 0.717) is 0 Å². The van der Waals surface area contributed by atoms with Gasteiger partial charge in [-0.05, 0) is 173 Å². The average Bonchev–Trinajstić information content (AvgIpc) is 1.63. The van der Waals surface area contributed by atoms with Crippen molar-refractivity contribution in [1.82, 2.24) is 63.9 Å². The van der Waals surface area contributed by atoms with Crippen LogP contribution < -0.4 is 0 Å². The zero-order valence-corrected chi connectivity index (χ0v) is 69.8. The van der Waals surface area contributed by atoms with E-state index in [1.807, 2.05) is 90.7 Å². The maximum Gasteiger partial charge on any atom is 0.155 e. The molecule has 0 saturated heterocycles. The lowest BCUT2D eigenvalue weighted by Gasteiger charge is -2.19. The third-order valence-electron chi connectivity index (χ3n) is 18.3. The van der Waals surface area contributed by atoms with Crippen molar-refractivity contribution in [3.05, 3.63) is 282 Å². The molecule has 0 aliphatic rings. The molecule has 13 nitrogen and oxygen atoms in total. The molecule has 108 heavy (non-hydrogen) atoms. The molecule has 11 heterocycles. The molecule has 11 aromatic heterocycles. The standard InChI is InChI=1S/2C13H15N.2C12H14N2.C11H14N2.2C11H13NS.C10H13N3/c1-13(2,3)11-6-7-12-10(9-11)5-4-8-14-12;1-13(2,3)11-7-6-10-5-4-8-14-12(10)9-11;1-12(2,3)10-4-5-11-9(6-10)7-13-8-14-11;1-12(2,3)9-4-5-10-11(8-9)14-7-6-13-10;1-11(2,3)9-4-5-10-12-6-7-13(10)8-9;1-11(2,3)10-6-8-7-12-5-4-9(8)13-10;1-11(2,3)8-4-5-9-10(6-8)13-7-12-9;1-10(2,3)8-4-5-9-11-7-12-13(9)6-8/h2*4-9H,1-3H3;2*4-8H,1-3H3;4-8H,1-3H3;3*4-7H,1-3H3. The molecule has 0 saturated carbocycles. The van der Waals surface area contributed by atoms with E-state index in [-0.39, 0.29) is 43.3 Å². The molecule has 0 amide bonds. The molecular formula is C93H111N13S2. The topological polar surface area (TPSA) is 151 Å². The Morgan fingerprint density at radius 2 is 0.769 bits per heavy atom. The molecule has 0 unspecified atom stereocenters. The number of rotatable bonds is 0. The van der Waals surface area contributed by atoms with Gasteiger partial charge in [-0.1, -0.05) is 227 Å². The van der Waals surface area contributed by atoms with Crippen molar-refractivity contribution < 1.29 is 0 Å². The van der Waals surface area contributed by atoms with E-state index in [1.54, 1.807) is 40.9 Å². The van der Waals surface area contributed by atoms with Crippen molar-refractivity contribution >= 4 is 98.0 Å². The molecule has 0 aliphatic carbocycles. The fourth-order valence-electron chi connectivity index (χ4n) is 11.2. The first-order valence-electron chi connectivity index (χ1n) is 37.1. The van der Waals surface area contributed by atoms with Crippen LogP contribution in [0, 0.1) is 0 Å². The van der Waals surface area contributed by atoms with E-state index < -0.39 is 0 Å². The fourth-order valence-corrected chi connectivity index (χ4v) is 13.0. The van der Waals surface area contributed by atoms with Gasteiger partial charge in [0.25, 0.3) is 0 Å². The second kappa shape index (κ2) is 34.0. The Balaban J connectivity index is 0.000000142. The number of thiophene rings is 1. The van der Waals surface area contributed by atoms with Gasteiger partial charge in [0.15, 0.2) is 5.65 Å². The maximum absolute atomic E-state index is 4.36. The van der Waals surface area contributed by atoms with Crippen LogP contribution in [0.15, 0.2) is 238 Å². The Labute approximate surface area is 649 Å². The van der Waals surface area contributed by atoms with E-state index in [9.17, 15) is 0 Å². The number of fused-ring (bicyclic) bond motifs is 8. The summed E-state index contributed by atoms with van der Waals surface area (Å²) >= 11 is 3.57. The smallest absolute Gasteiger partial charge is 0.155 e. The zero-order chi connectivity index (χ0) is 78.6. The molecule has 0 atom stereocenters. The van der Waals surface area contributed by atoms with Crippen LogP contribution in [-0.2, 0) is 43.3 Å². The number of thiazole rings is 1. The van der Waals surface area contributed by atoms with Gasteiger partial charge >= 0.3 is 0 Å². The molecule has 0 bridgehead atoms. The van der Waals surface area contributed by atoms with Crippen molar-refractivity contribution in [1.29, 1.82) is 0 Å². The number of nitrogens with zero attached hydrogens (tertiary/aromatic N) is 13. The van der Waals surface area contributed by atoms with Gasteiger partial charge in [-0.25, -0.2) is 29.4 Å². The van der Waals surface area contributed by atoms with Crippen LogP contribution in [0.2, 0.25) is 0 Å². The lowest BCUT2D eigenvalue weighted by molar-refractivity contribution is 0.584. The minimum Gasteiger partial charge on any atom is -0.307 e. The minimum atomic E-state index is 0.167. The van der Waals surface area contributed by atoms with E-state index in [1.165, 1.54) is 69.4 Å². The highest BCUT2D eigenvalue weighted by atomic mass is 32.1. The van der Waals surface area contributed by atoms with E-state index in [0.717, 1.165) is 49.8 Å². The molecule has 5 aromatic carbocycles. The number of imidazole rings is 1. The highest BCUT2D eigenvalue weighted by molar-refractivity contribution is 7.19. The summed E-state index contributed by atoms with van der Waals surface area (Å²) in [4.78, 5) is 43.5. The lowest BCUT2D eigenvalue weighted by atomic mass is 9.86. The molecule has 0 N–H and O–H groups in total. The third kappa shape index (κ3) is 23.0. The summed E-state index contributed by atoms with van der Waals surface area (Å²) in [5.41, 5.74) is 20.9. The van der Waals surface area contributed by atoms with Crippen LogP contribution in [0.5, 0.6) is 0 Å². The van der Waals surface area contributed by atoms with Gasteiger partial charge in [-0.2, -0.15) is 5.10 Å². The Bertz CT molecular complexity index is 4980. The van der Waals surface area contributed by atoms with Gasteiger partial charge in [-0.3, -0.25) is 24.9 Å². The summed E-state index contributed by atoms with van der Waals surface area (Å²) in [6.45, 7) is 53.2.